The third-order valence-electron chi connectivity index (χ3n) is 3.25. The minimum absolute atomic E-state index is 0.177. The fraction of sp³-hybridized carbons (Fsp3) is 0.167. The van der Waals surface area contributed by atoms with Gasteiger partial charge in [-0.05, 0) is 42.5 Å². The number of nitrogens with one attached hydrogen (secondary N) is 4. The van der Waals surface area contributed by atoms with Crippen LogP contribution in [0.2, 0.25) is 5.02 Å². The summed E-state index contributed by atoms with van der Waals surface area (Å²) in [5, 5.41) is 11.1. The molecule has 2 rings (SSSR count). The van der Waals surface area contributed by atoms with Crippen molar-refractivity contribution in [1.82, 2.24) is 10.6 Å². The molecule has 0 fully saturated rings. The van der Waals surface area contributed by atoms with Crippen molar-refractivity contribution in [2.75, 3.05) is 23.7 Å². The Hall–Kier alpha value is -3.06. The van der Waals surface area contributed by atoms with Crippen molar-refractivity contribution in [3.63, 3.8) is 0 Å². The summed E-state index contributed by atoms with van der Waals surface area (Å²) in [6.07, 6.45) is 0. The van der Waals surface area contributed by atoms with Crippen LogP contribution in [0.3, 0.4) is 0 Å². The van der Waals surface area contributed by atoms with Gasteiger partial charge in [0.25, 0.3) is 5.91 Å². The first-order chi connectivity index (χ1) is 12.4. The van der Waals surface area contributed by atoms with Gasteiger partial charge >= 0.3 is 6.03 Å². The van der Waals surface area contributed by atoms with E-state index in [-0.39, 0.29) is 30.9 Å². The zero-order chi connectivity index (χ0) is 18.9. The molecular weight excluding hydrogens is 356 g/mol. The third kappa shape index (κ3) is 6.45. The third-order valence-corrected chi connectivity index (χ3v) is 3.48. The summed E-state index contributed by atoms with van der Waals surface area (Å²) < 4.78 is 0. The minimum Gasteiger partial charge on any atom is -0.350 e. The highest BCUT2D eigenvalue weighted by Crippen LogP contribution is 2.14. The molecule has 0 heterocycles. The predicted octanol–water partition coefficient (Wildman–Crippen LogP) is 2.85. The molecule has 0 saturated heterocycles. The molecule has 26 heavy (non-hydrogen) atoms. The van der Waals surface area contributed by atoms with Crippen LogP contribution in [-0.4, -0.2) is 30.9 Å². The lowest BCUT2D eigenvalue weighted by Crippen LogP contribution is -2.36. The van der Waals surface area contributed by atoms with Crippen molar-refractivity contribution < 1.29 is 14.4 Å². The van der Waals surface area contributed by atoms with Gasteiger partial charge in [0.15, 0.2) is 0 Å². The first-order valence-corrected chi connectivity index (χ1v) is 8.28. The van der Waals surface area contributed by atoms with Crippen LogP contribution in [0, 0.1) is 0 Å². The van der Waals surface area contributed by atoms with E-state index >= 15 is 0 Å². The Morgan fingerprint density at radius 1 is 0.885 bits per heavy atom. The molecule has 0 spiro atoms. The average molecular weight is 375 g/mol. The lowest BCUT2D eigenvalue weighted by Gasteiger charge is -2.09. The van der Waals surface area contributed by atoms with Crippen LogP contribution in [0.15, 0.2) is 48.5 Å². The molecule has 136 valence electrons. The fourth-order valence-electron chi connectivity index (χ4n) is 2.10. The van der Waals surface area contributed by atoms with E-state index in [0.717, 1.165) is 0 Å². The number of hydrogen-bond acceptors (Lipinski definition) is 3. The number of halogens is 1. The number of amides is 4. The summed E-state index contributed by atoms with van der Waals surface area (Å²) in [6.45, 7) is 1.95. The van der Waals surface area contributed by atoms with E-state index < -0.39 is 0 Å². The van der Waals surface area contributed by atoms with Crippen LogP contribution in [0.25, 0.3) is 0 Å². The molecule has 0 atom stereocenters. The maximum Gasteiger partial charge on any atom is 0.319 e. The van der Waals surface area contributed by atoms with Gasteiger partial charge in [-0.15, -0.1) is 0 Å². The first kappa shape index (κ1) is 19.3. The molecule has 4 N–H and O–H groups in total. The summed E-state index contributed by atoms with van der Waals surface area (Å²) in [5.41, 5.74) is 1.66. The molecule has 0 aliphatic carbocycles. The molecule has 0 unspecified atom stereocenters. The zero-order valence-corrected chi connectivity index (χ0v) is 14.9. The van der Waals surface area contributed by atoms with E-state index in [9.17, 15) is 14.4 Å². The van der Waals surface area contributed by atoms with Crippen molar-refractivity contribution in [2.24, 2.45) is 0 Å². The second kappa shape index (κ2) is 9.43. The SMILES string of the molecule is CC(=O)Nc1ccc(C(=O)NCCNC(=O)Nc2cccc(Cl)c2)cc1. The highest BCUT2D eigenvalue weighted by Gasteiger charge is 2.06. The van der Waals surface area contributed by atoms with Crippen molar-refractivity contribution in [1.29, 1.82) is 0 Å². The van der Waals surface area contributed by atoms with Gasteiger partial charge in [-0.2, -0.15) is 0 Å². The predicted molar refractivity (Wildman–Crippen MR) is 102 cm³/mol. The van der Waals surface area contributed by atoms with E-state index in [1.165, 1.54) is 6.92 Å². The zero-order valence-electron chi connectivity index (χ0n) is 14.1. The summed E-state index contributed by atoms with van der Waals surface area (Å²) in [7, 11) is 0. The van der Waals surface area contributed by atoms with Crippen LogP contribution < -0.4 is 21.3 Å². The topological polar surface area (TPSA) is 99.3 Å². The summed E-state index contributed by atoms with van der Waals surface area (Å²) in [5.74, 6) is -0.444. The number of hydrogen-bond donors (Lipinski definition) is 4. The summed E-state index contributed by atoms with van der Waals surface area (Å²) in [4.78, 5) is 34.7. The fourth-order valence-corrected chi connectivity index (χ4v) is 2.29. The minimum atomic E-state index is -0.388. The van der Waals surface area contributed by atoms with Crippen LogP contribution in [0.4, 0.5) is 16.2 Å². The second-order valence-electron chi connectivity index (χ2n) is 5.41. The normalized spacial score (nSPS) is 9.92. The van der Waals surface area contributed by atoms with E-state index in [2.05, 4.69) is 21.3 Å². The van der Waals surface area contributed by atoms with Gasteiger partial charge in [-0.1, -0.05) is 17.7 Å². The second-order valence-corrected chi connectivity index (χ2v) is 5.84. The standard InChI is InChI=1S/C18H19ClN4O3/c1-12(24)22-15-7-5-13(6-8-15)17(25)20-9-10-21-18(26)23-16-4-2-3-14(19)11-16/h2-8,11H,9-10H2,1H3,(H,20,25)(H,22,24)(H2,21,23,26). The van der Waals surface area contributed by atoms with Crippen molar-refractivity contribution in [2.45, 2.75) is 6.92 Å². The molecular formula is C18H19ClN4O3. The van der Waals surface area contributed by atoms with Crippen LogP contribution in [0.5, 0.6) is 0 Å². The molecule has 0 bridgehead atoms. The van der Waals surface area contributed by atoms with Gasteiger partial charge in [0.1, 0.15) is 0 Å². The Balaban J connectivity index is 1.71. The van der Waals surface area contributed by atoms with Gasteiger partial charge in [-0.3, -0.25) is 9.59 Å². The van der Waals surface area contributed by atoms with E-state index in [1.54, 1.807) is 48.5 Å². The number of benzene rings is 2. The molecule has 2 aromatic rings. The van der Waals surface area contributed by atoms with Crippen molar-refractivity contribution in [3.8, 4) is 0 Å². The molecule has 0 saturated carbocycles. The van der Waals surface area contributed by atoms with Crippen molar-refractivity contribution >= 4 is 40.8 Å². The van der Waals surface area contributed by atoms with Crippen LogP contribution in [-0.2, 0) is 4.79 Å². The van der Waals surface area contributed by atoms with Gasteiger partial charge < -0.3 is 21.3 Å². The van der Waals surface area contributed by atoms with Crippen LogP contribution in [0.1, 0.15) is 17.3 Å². The smallest absolute Gasteiger partial charge is 0.319 e. The lowest BCUT2D eigenvalue weighted by molar-refractivity contribution is -0.114. The van der Waals surface area contributed by atoms with E-state index in [4.69, 9.17) is 11.6 Å². The molecule has 7 nitrogen and oxygen atoms in total. The highest BCUT2D eigenvalue weighted by molar-refractivity contribution is 6.30. The molecule has 0 aliphatic rings. The molecule has 2 aromatic carbocycles. The highest BCUT2D eigenvalue weighted by atomic mass is 35.5. The number of rotatable bonds is 6. The molecule has 0 aromatic heterocycles. The molecule has 4 amide bonds. The maximum absolute atomic E-state index is 12.0. The molecule has 8 heteroatoms. The van der Waals surface area contributed by atoms with E-state index in [0.29, 0.717) is 22.0 Å². The Morgan fingerprint density at radius 2 is 1.58 bits per heavy atom. The quantitative estimate of drug-likeness (QED) is 0.585. The Kier molecular flexibility index (Phi) is 6.99. The number of urea groups is 1. The Bertz CT molecular complexity index is 793. The number of anilines is 2. The monoisotopic (exact) mass is 374 g/mol. The van der Waals surface area contributed by atoms with Crippen LogP contribution >= 0.6 is 11.6 Å². The number of carbonyl (C=O) groups is 3. The van der Waals surface area contributed by atoms with E-state index in [1.807, 2.05) is 0 Å². The Labute approximate surface area is 156 Å². The average Bonchev–Trinajstić information content (AvgIpc) is 2.58. The molecule has 0 aliphatic heterocycles. The lowest BCUT2D eigenvalue weighted by atomic mass is 10.2. The Morgan fingerprint density at radius 3 is 2.23 bits per heavy atom. The van der Waals surface area contributed by atoms with Gasteiger partial charge in [0, 0.05) is 42.0 Å². The van der Waals surface area contributed by atoms with Crippen molar-refractivity contribution in [3.05, 3.63) is 59.1 Å². The van der Waals surface area contributed by atoms with Gasteiger partial charge in [-0.25, -0.2) is 4.79 Å². The first-order valence-electron chi connectivity index (χ1n) is 7.90. The van der Waals surface area contributed by atoms with Gasteiger partial charge in [0.05, 0.1) is 0 Å². The molecule has 0 radical (unpaired) electrons. The van der Waals surface area contributed by atoms with Gasteiger partial charge in [0.2, 0.25) is 5.91 Å². The summed E-state index contributed by atoms with van der Waals surface area (Å²) >= 11 is 5.84. The largest absolute Gasteiger partial charge is 0.350 e. The number of carbonyl (C=O) groups excluding carboxylic acids is 3. The summed E-state index contributed by atoms with van der Waals surface area (Å²) in [6, 6.07) is 12.9. The maximum atomic E-state index is 12.0.